The Labute approximate surface area is 84.6 Å². The van der Waals surface area contributed by atoms with Crippen LogP contribution in [0.15, 0.2) is 30.3 Å². The molecule has 0 saturated carbocycles. The largest absolute Gasteiger partial charge is 0.388 e. The summed E-state index contributed by atoms with van der Waals surface area (Å²) in [5.74, 6) is 0. The predicted molar refractivity (Wildman–Crippen MR) is 58.8 cm³/mol. The molecule has 1 aliphatic rings. The van der Waals surface area contributed by atoms with Crippen molar-refractivity contribution in [1.82, 2.24) is 5.32 Å². The average molecular weight is 193 g/mol. The van der Waals surface area contributed by atoms with Gasteiger partial charge in [0.15, 0.2) is 0 Å². The Bertz CT molecular complexity index is 318. The van der Waals surface area contributed by atoms with Crippen LogP contribution in [0.25, 0.3) is 5.70 Å². The first-order valence-corrected chi connectivity index (χ1v) is 4.76. The van der Waals surface area contributed by atoms with E-state index in [1.807, 2.05) is 7.05 Å². The molecule has 1 N–H and O–H groups in total. The van der Waals surface area contributed by atoms with Crippen molar-refractivity contribution in [3.05, 3.63) is 41.5 Å². The summed E-state index contributed by atoms with van der Waals surface area (Å²) < 4.78 is 9.50. The summed E-state index contributed by atoms with van der Waals surface area (Å²) in [5, 5.41) is 3.22. The van der Waals surface area contributed by atoms with E-state index in [4.69, 9.17) is 0 Å². The van der Waals surface area contributed by atoms with Gasteiger partial charge < -0.3 is 5.32 Å². The average Bonchev–Trinajstić information content (AvgIpc) is 2.31. The second-order valence-corrected chi connectivity index (χ2v) is 3.06. The summed E-state index contributed by atoms with van der Waals surface area (Å²) in [7, 11) is 2.48. The molecule has 2 heteroatoms. The fraction of sp³-hybridized carbons (Fsp3) is 0.333. The molecule has 0 heterocycles. The van der Waals surface area contributed by atoms with E-state index in [9.17, 15) is 4.39 Å². The van der Waals surface area contributed by atoms with Gasteiger partial charge in [0.1, 0.15) is 0 Å². The van der Waals surface area contributed by atoms with Gasteiger partial charge in [0.25, 0.3) is 0 Å². The highest BCUT2D eigenvalue weighted by Crippen LogP contribution is 2.23. The van der Waals surface area contributed by atoms with Crippen molar-refractivity contribution in [3.63, 3.8) is 0 Å². The first kappa shape index (κ1) is 10.8. The van der Waals surface area contributed by atoms with Gasteiger partial charge in [-0.2, -0.15) is 0 Å². The third kappa shape index (κ3) is 2.13. The summed E-state index contributed by atoms with van der Waals surface area (Å²) in [4.78, 5) is 0. The number of alkyl halides is 1. The Kier molecular flexibility index (Phi) is 4.17. The van der Waals surface area contributed by atoms with Crippen molar-refractivity contribution in [2.75, 3.05) is 14.2 Å². The molecule has 1 aromatic rings. The number of aryl methyl sites for hydroxylation is 1. The first-order valence-electron chi connectivity index (χ1n) is 4.76. The molecule has 76 valence electrons. The summed E-state index contributed by atoms with van der Waals surface area (Å²) in [6.07, 6.45) is 4.61. The standard InChI is InChI=1S/C11H13N.CH3F/c1-12-11-8-4-6-9-5-2-3-7-10(9)11;1-2/h2-3,5,7-8,12H,4,6H2,1H3;1H3. The monoisotopic (exact) mass is 193 g/mol. The molecule has 0 unspecified atom stereocenters. The van der Waals surface area contributed by atoms with Crippen LogP contribution >= 0.6 is 0 Å². The van der Waals surface area contributed by atoms with Gasteiger partial charge in [0, 0.05) is 18.3 Å². The molecule has 2 rings (SSSR count). The molecule has 0 radical (unpaired) electrons. The van der Waals surface area contributed by atoms with E-state index >= 15 is 0 Å². The van der Waals surface area contributed by atoms with Gasteiger partial charge in [-0.15, -0.1) is 0 Å². The lowest BCUT2D eigenvalue weighted by atomic mass is 9.95. The SMILES string of the molecule is CF.CNC1=CCCc2ccccc21. The van der Waals surface area contributed by atoms with Gasteiger partial charge in [-0.3, -0.25) is 4.39 Å². The normalized spacial score (nSPS) is 13.2. The molecule has 1 aromatic carbocycles. The second-order valence-electron chi connectivity index (χ2n) is 3.06. The molecule has 14 heavy (non-hydrogen) atoms. The molecular weight excluding hydrogens is 177 g/mol. The Morgan fingerprint density at radius 3 is 2.64 bits per heavy atom. The third-order valence-corrected chi connectivity index (χ3v) is 2.34. The zero-order valence-electron chi connectivity index (χ0n) is 8.68. The minimum absolute atomic E-state index is 0.500. The number of benzene rings is 1. The zero-order chi connectivity index (χ0) is 10.4. The lowest BCUT2D eigenvalue weighted by Crippen LogP contribution is -2.10. The molecule has 0 amide bonds. The van der Waals surface area contributed by atoms with E-state index in [2.05, 4.69) is 35.7 Å². The Hall–Kier alpha value is -1.31. The fourth-order valence-corrected chi connectivity index (χ4v) is 1.72. The molecule has 0 aromatic heterocycles. The fourth-order valence-electron chi connectivity index (χ4n) is 1.72. The van der Waals surface area contributed by atoms with Crippen molar-refractivity contribution < 1.29 is 4.39 Å². The first-order chi connectivity index (χ1) is 6.92. The van der Waals surface area contributed by atoms with Crippen LogP contribution < -0.4 is 5.32 Å². The molecule has 0 atom stereocenters. The van der Waals surface area contributed by atoms with Crippen molar-refractivity contribution >= 4 is 5.70 Å². The lowest BCUT2D eigenvalue weighted by molar-refractivity contribution is 0.636. The topological polar surface area (TPSA) is 12.0 Å². The lowest BCUT2D eigenvalue weighted by Gasteiger charge is -2.16. The quantitative estimate of drug-likeness (QED) is 0.723. The number of halogens is 1. The summed E-state index contributed by atoms with van der Waals surface area (Å²) in [5.41, 5.74) is 4.10. The van der Waals surface area contributed by atoms with Crippen molar-refractivity contribution in [1.29, 1.82) is 0 Å². The molecule has 0 saturated heterocycles. The molecule has 1 nitrogen and oxygen atoms in total. The second kappa shape index (κ2) is 5.43. The van der Waals surface area contributed by atoms with Gasteiger partial charge >= 0.3 is 0 Å². The maximum atomic E-state index is 9.50. The summed E-state index contributed by atoms with van der Waals surface area (Å²) in [6.45, 7) is 0. The Morgan fingerprint density at radius 1 is 1.21 bits per heavy atom. The smallest absolute Gasteiger partial charge is 0.0785 e. The van der Waals surface area contributed by atoms with Gasteiger partial charge in [0.05, 0.1) is 7.18 Å². The third-order valence-electron chi connectivity index (χ3n) is 2.34. The number of fused-ring (bicyclic) bond motifs is 1. The van der Waals surface area contributed by atoms with E-state index in [1.54, 1.807) is 0 Å². The van der Waals surface area contributed by atoms with Crippen LogP contribution in [0.3, 0.4) is 0 Å². The van der Waals surface area contributed by atoms with Crippen LogP contribution in [0, 0.1) is 0 Å². The predicted octanol–water partition coefficient (Wildman–Crippen LogP) is 2.78. The molecule has 0 spiro atoms. The van der Waals surface area contributed by atoms with E-state index in [1.165, 1.54) is 23.2 Å². The number of nitrogens with one attached hydrogen (secondary N) is 1. The minimum Gasteiger partial charge on any atom is -0.388 e. The van der Waals surface area contributed by atoms with Crippen LogP contribution in [0.2, 0.25) is 0 Å². The van der Waals surface area contributed by atoms with Crippen molar-refractivity contribution in [2.45, 2.75) is 12.8 Å². The number of rotatable bonds is 1. The maximum absolute atomic E-state index is 9.50. The molecule has 0 aliphatic heterocycles. The number of allylic oxidation sites excluding steroid dienone is 1. The van der Waals surface area contributed by atoms with Gasteiger partial charge in [-0.05, 0) is 18.4 Å². The summed E-state index contributed by atoms with van der Waals surface area (Å²) in [6, 6.07) is 8.59. The summed E-state index contributed by atoms with van der Waals surface area (Å²) >= 11 is 0. The van der Waals surface area contributed by atoms with E-state index in [-0.39, 0.29) is 0 Å². The van der Waals surface area contributed by atoms with Crippen LogP contribution in [0.4, 0.5) is 4.39 Å². The van der Waals surface area contributed by atoms with Crippen molar-refractivity contribution in [3.8, 4) is 0 Å². The zero-order valence-corrected chi connectivity index (χ0v) is 8.68. The van der Waals surface area contributed by atoms with Gasteiger partial charge in [-0.1, -0.05) is 30.3 Å². The molecule has 1 aliphatic carbocycles. The highest BCUT2D eigenvalue weighted by Gasteiger charge is 2.09. The Balaban J connectivity index is 0.000000461. The number of hydrogen-bond donors (Lipinski definition) is 1. The molecule has 0 fully saturated rings. The van der Waals surface area contributed by atoms with Crippen molar-refractivity contribution in [2.24, 2.45) is 0 Å². The number of hydrogen-bond acceptors (Lipinski definition) is 1. The van der Waals surface area contributed by atoms with Crippen LogP contribution in [0.5, 0.6) is 0 Å². The van der Waals surface area contributed by atoms with E-state index < -0.39 is 0 Å². The molecular formula is C12H16FN. The minimum atomic E-state index is 0.500. The van der Waals surface area contributed by atoms with E-state index in [0.29, 0.717) is 7.18 Å². The highest BCUT2D eigenvalue weighted by atomic mass is 19.1. The highest BCUT2D eigenvalue weighted by molar-refractivity contribution is 5.68. The van der Waals surface area contributed by atoms with Gasteiger partial charge in [-0.25, -0.2) is 0 Å². The van der Waals surface area contributed by atoms with Crippen LogP contribution in [-0.4, -0.2) is 14.2 Å². The van der Waals surface area contributed by atoms with Crippen LogP contribution in [0.1, 0.15) is 17.5 Å². The van der Waals surface area contributed by atoms with Gasteiger partial charge in [0.2, 0.25) is 0 Å². The molecule has 0 bridgehead atoms. The van der Waals surface area contributed by atoms with E-state index in [0.717, 1.165) is 6.42 Å². The Morgan fingerprint density at radius 2 is 1.93 bits per heavy atom. The maximum Gasteiger partial charge on any atom is 0.0785 e. The van der Waals surface area contributed by atoms with Crippen LogP contribution in [-0.2, 0) is 6.42 Å².